The van der Waals surface area contributed by atoms with Gasteiger partial charge in [-0.2, -0.15) is 0 Å². The minimum atomic E-state index is -0.191. The molecule has 1 saturated carbocycles. The largest absolute Gasteiger partial charge is 0.393 e. The van der Waals surface area contributed by atoms with Crippen LogP contribution in [0.3, 0.4) is 0 Å². The highest BCUT2D eigenvalue weighted by molar-refractivity contribution is 6.28. The summed E-state index contributed by atoms with van der Waals surface area (Å²) in [5.41, 5.74) is 0.976. The number of anilines is 1. The molecule has 16 heavy (non-hydrogen) atoms. The van der Waals surface area contributed by atoms with Crippen LogP contribution in [-0.4, -0.2) is 27.2 Å². The molecule has 0 amide bonds. The van der Waals surface area contributed by atoms with Crippen molar-refractivity contribution in [3.8, 4) is 0 Å². The van der Waals surface area contributed by atoms with Crippen LogP contribution >= 0.6 is 11.6 Å². The molecule has 1 aromatic heterocycles. The van der Waals surface area contributed by atoms with Crippen molar-refractivity contribution in [1.82, 2.24) is 9.97 Å². The minimum absolute atomic E-state index is 0.191. The predicted molar refractivity (Wildman–Crippen MR) is 63.7 cm³/mol. The maximum atomic E-state index is 9.58. The number of halogens is 1. The second kappa shape index (κ2) is 4.97. The molecule has 1 aromatic rings. The Hall–Kier alpha value is -0.870. The number of hydrogen-bond donors (Lipinski definition) is 2. The Kier molecular flexibility index (Phi) is 3.61. The van der Waals surface area contributed by atoms with Gasteiger partial charge in [-0.05, 0) is 44.2 Å². The van der Waals surface area contributed by atoms with Gasteiger partial charge in [-0.25, -0.2) is 9.97 Å². The van der Waals surface area contributed by atoms with Gasteiger partial charge in [0.1, 0.15) is 5.82 Å². The number of rotatable bonds is 2. The van der Waals surface area contributed by atoms with Crippen LogP contribution in [-0.2, 0) is 0 Å². The van der Waals surface area contributed by atoms with E-state index in [1.807, 2.05) is 6.92 Å². The Labute approximate surface area is 100 Å². The highest BCUT2D eigenvalue weighted by atomic mass is 35.5. The zero-order chi connectivity index (χ0) is 11.5. The summed E-state index contributed by atoms with van der Waals surface area (Å²) in [5, 5.41) is 13.2. The second-order valence-electron chi connectivity index (χ2n) is 4.33. The molecule has 0 aromatic carbocycles. The monoisotopic (exact) mass is 241 g/mol. The van der Waals surface area contributed by atoms with Gasteiger partial charge in [0.15, 0.2) is 0 Å². The number of aromatic nitrogens is 2. The molecule has 0 spiro atoms. The fraction of sp³-hybridized carbons (Fsp3) is 0.636. The lowest BCUT2D eigenvalue weighted by molar-refractivity contribution is 0.124. The summed E-state index contributed by atoms with van der Waals surface area (Å²) in [6, 6.07) is 0.286. The third kappa shape index (κ3) is 2.83. The van der Waals surface area contributed by atoms with Gasteiger partial charge >= 0.3 is 0 Å². The van der Waals surface area contributed by atoms with Gasteiger partial charge in [-0.1, -0.05) is 0 Å². The lowest BCUT2D eigenvalue weighted by atomic mass is 9.93. The van der Waals surface area contributed by atoms with E-state index in [1.54, 1.807) is 6.20 Å². The van der Waals surface area contributed by atoms with Gasteiger partial charge in [0.25, 0.3) is 0 Å². The van der Waals surface area contributed by atoms with E-state index in [-0.39, 0.29) is 17.4 Å². The molecule has 5 heteroatoms. The molecule has 1 heterocycles. The van der Waals surface area contributed by atoms with Crippen LogP contribution in [0.2, 0.25) is 5.28 Å². The number of hydrogen-bond acceptors (Lipinski definition) is 4. The third-order valence-corrected chi connectivity index (χ3v) is 3.11. The smallest absolute Gasteiger partial charge is 0.224 e. The molecule has 1 fully saturated rings. The first-order valence-corrected chi connectivity index (χ1v) is 5.96. The van der Waals surface area contributed by atoms with Gasteiger partial charge in [0.2, 0.25) is 5.28 Å². The van der Waals surface area contributed by atoms with Gasteiger partial charge in [0.05, 0.1) is 6.10 Å². The maximum Gasteiger partial charge on any atom is 0.224 e. The Morgan fingerprint density at radius 3 is 3.06 bits per heavy atom. The summed E-state index contributed by atoms with van der Waals surface area (Å²) in [6.07, 6.45) is 5.32. The number of aliphatic hydroxyl groups is 1. The SMILES string of the molecule is Cc1cnc(Cl)nc1N[C@@H]1CCC[C@H](O)C1. The van der Waals surface area contributed by atoms with Crippen molar-refractivity contribution < 1.29 is 5.11 Å². The Morgan fingerprint density at radius 1 is 1.50 bits per heavy atom. The molecule has 2 N–H and O–H groups in total. The zero-order valence-electron chi connectivity index (χ0n) is 9.28. The molecule has 1 aliphatic rings. The predicted octanol–water partition coefficient (Wildman–Crippen LogP) is 2.15. The summed E-state index contributed by atoms with van der Waals surface area (Å²) in [6.45, 7) is 1.94. The molecule has 1 aliphatic carbocycles. The Balaban J connectivity index is 2.05. The zero-order valence-corrected chi connectivity index (χ0v) is 10.0. The van der Waals surface area contributed by atoms with Crippen molar-refractivity contribution in [2.45, 2.75) is 44.8 Å². The molecular weight excluding hydrogens is 226 g/mol. The summed E-state index contributed by atoms with van der Waals surface area (Å²) < 4.78 is 0. The lowest BCUT2D eigenvalue weighted by Gasteiger charge is -2.27. The van der Waals surface area contributed by atoms with Gasteiger partial charge in [-0.15, -0.1) is 0 Å². The van der Waals surface area contributed by atoms with Crippen molar-refractivity contribution in [2.75, 3.05) is 5.32 Å². The number of aryl methyl sites for hydroxylation is 1. The van der Waals surface area contributed by atoms with Crippen LogP contribution < -0.4 is 5.32 Å². The Morgan fingerprint density at radius 2 is 2.31 bits per heavy atom. The molecule has 0 radical (unpaired) electrons. The summed E-state index contributed by atoms with van der Waals surface area (Å²) in [4.78, 5) is 8.07. The highest BCUT2D eigenvalue weighted by Gasteiger charge is 2.20. The third-order valence-electron chi connectivity index (χ3n) is 2.93. The van der Waals surface area contributed by atoms with Gasteiger partial charge < -0.3 is 10.4 Å². The fourth-order valence-corrected chi connectivity index (χ4v) is 2.19. The van der Waals surface area contributed by atoms with Crippen LogP contribution in [0.4, 0.5) is 5.82 Å². The van der Waals surface area contributed by atoms with Crippen molar-refractivity contribution in [2.24, 2.45) is 0 Å². The topological polar surface area (TPSA) is 58.0 Å². The average molecular weight is 242 g/mol. The lowest BCUT2D eigenvalue weighted by Crippen LogP contribution is -2.30. The first-order chi connectivity index (χ1) is 7.65. The molecule has 0 aliphatic heterocycles. The molecule has 4 nitrogen and oxygen atoms in total. The molecule has 0 bridgehead atoms. The van der Waals surface area contributed by atoms with E-state index >= 15 is 0 Å². The van der Waals surface area contributed by atoms with E-state index < -0.39 is 0 Å². The number of nitrogens with one attached hydrogen (secondary N) is 1. The summed E-state index contributed by atoms with van der Waals surface area (Å²) >= 11 is 5.75. The van der Waals surface area contributed by atoms with Crippen molar-refractivity contribution in [3.63, 3.8) is 0 Å². The standard InChI is InChI=1S/C11H16ClN3O/c1-7-6-13-11(12)15-10(7)14-8-3-2-4-9(16)5-8/h6,8-9,16H,2-5H2,1H3,(H,13,14,15)/t8-,9+/m1/s1. The first kappa shape index (κ1) is 11.6. The van der Waals surface area contributed by atoms with Crippen LogP contribution in [0.1, 0.15) is 31.2 Å². The van der Waals surface area contributed by atoms with Crippen LogP contribution in [0.15, 0.2) is 6.20 Å². The van der Waals surface area contributed by atoms with Crippen LogP contribution in [0.5, 0.6) is 0 Å². The van der Waals surface area contributed by atoms with Crippen molar-refractivity contribution in [1.29, 1.82) is 0 Å². The van der Waals surface area contributed by atoms with Gasteiger partial charge in [0, 0.05) is 17.8 Å². The summed E-state index contributed by atoms with van der Waals surface area (Å²) in [7, 11) is 0. The Bertz CT molecular complexity index is 372. The minimum Gasteiger partial charge on any atom is -0.393 e. The molecule has 2 atom stereocenters. The highest BCUT2D eigenvalue weighted by Crippen LogP contribution is 2.23. The van der Waals surface area contributed by atoms with E-state index in [2.05, 4.69) is 15.3 Å². The van der Waals surface area contributed by atoms with Gasteiger partial charge in [-0.3, -0.25) is 0 Å². The molecule has 0 unspecified atom stereocenters. The molecule has 88 valence electrons. The summed E-state index contributed by atoms with van der Waals surface area (Å²) in [5.74, 6) is 0.777. The van der Waals surface area contributed by atoms with E-state index in [9.17, 15) is 5.11 Å². The average Bonchev–Trinajstić information content (AvgIpc) is 2.24. The number of nitrogens with zero attached hydrogens (tertiary/aromatic N) is 2. The van der Waals surface area contributed by atoms with E-state index in [0.717, 1.165) is 37.1 Å². The van der Waals surface area contributed by atoms with Crippen LogP contribution in [0.25, 0.3) is 0 Å². The fourth-order valence-electron chi connectivity index (χ4n) is 2.06. The normalized spacial score (nSPS) is 25.4. The van der Waals surface area contributed by atoms with Crippen molar-refractivity contribution in [3.05, 3.63) is 17.0 Å². The quantitative estimate of drug-likeness (QED) is 0.779. The molecule has 2 rings (SSSR count). The maximum absolute atomic E-state index is 9.58. The molecule has 0 saturated heterocycles. The first-order valence-electron chi connectivity index (χ1n) is 5.59. The molecular formula is C11H16ClN3O. The second-order valence-corrected chi connectivity index (χ2v) is 4.67. The van der Waals surface area contributed by atoms with E-state index in [1.165, 1.54) is 0 Å². The van der Waals surface area contributed by atoms with E-state index in [0.29, 0.717) is 0 Å². The number of aliphatic hydroxyl groups excluding tert-OH is 1. The van der Waals surface area contributed by atoms with Crippen LogP contribution in [0, 0.1) is 6.92 Å². The van der Waals surface area contributed by atoms with Crippen molar-refractivity contribution >= 4 is 17.4 Å². The van der Waals surface area contributed by atoms with E-state index in [4.69, 9.17) is 11.6 Å².